The van der Waals surface area contributed by atoms with Gasteiger partial charge in [0.15, 0.2) is 0 Å². The number of carboxylic acids is 1. The van der Waals surface area contributed by atoms with E-state index < -0.39 is 5.97 Å². The maximum absolute atomic E-state index is 11.2. The van der Waals surface area contributed by atoms with E-state index in [1.165, 1.54) is 0 Å². The van der Waals surface area contributed by atoms with Gasteiger partial charge in [0.25, 0.3) is 0 Å². The Morgan fingerprint density at radius 1 is 1.53 bits per heavy atom. The van der Waals surface area contributed by atoms with Gasteiger partial charge in [0.2, 0.25) is 0 Å². The molecule has 0 radical (unpaired) electrons. The first-order valence-electron chi connectivity index (χ1n) is 5.99. The Kier molecular flexibility index (Phi) is 3.79. The Balaban J connectivity index is 2.14. The monoisotopic (exact) mass is 260 g/mol. The van der Waals surface area contributed by atoms with E-state index in [-0.39, 0.29) is 11.6 Å². The third-order valence-corrected chi connectivity index (χ3v) is 2.80. The number of aryl methyl sites for hydroxylation is 1. The second kappa shape index (κ2) is 5.51. The van der Waals surface area contributed by atoms with Gasteiger partial charge in [0.05, 0.1) is 6.33 Å². The largest absolute Gasteiger partial charge is 0.478 e. The van der Waals surface area contributed by atoms with Crippen LogP contribution in [0, 0.1) is 6.92 Å². The van der Waals surface area contributed by atoms with Gasteiger partial charge in [-0.25, -0.2) is 14.8 Å². The lowest BCUT2D eigenvalue weighted by atomic mass is 10.1. The summed E-state index contributed by atoms with van der Waals surface area (Å²) in [5.74, 6) is -0.567. The van der Waals surface area contributed by atoms with Crippen LogP contribution < -0.4 is 5.32 Å². The number of imidazole rings is 1. The zero-order chi connectivity index (χ0) is 13.8. The molecule has 0 saturated carbocycles. The normalized spacial score (nSPS) is 12.1. The highest BCUT2D eigenvalue weighted by atomic mass is 16.4. The fraction of sp³-hybridized carbons (Fsp3) is 0.308. The number of hydrogen-bond donors (Lipinski definition) is 2. The smallest absolute Gasteiger partial charge is 0.339 e. The van der Waals surface area contributed by atoms with Crippen molar-refractivity contribution in [1.29, 1.82) is 0 Å². The summed E-state index contributed by atoms with van der Waals surface area (Å²) in [6.07, 6.45) is 6.90. The van der Waals surface area contributed by atoms with E-state index in [2.05, 4.69) is 15.3 Å². The predicted molar refractivity (Wildman–Crippen MR) is 71.2 cm³/mol. The second-order valence-corrected chi connectivity index (χ2v) is 4.46. The molecule has 6 nitrogen and oxygen atoms in total. The molecule has 100 valence electrons. The standard InChI is InChI=1S/C13H16N4O2/c1-9-3-4-15-12(11(9)13(18)19)16-10(2)7-17-6-5-14-8-17/h3-6,8,10H,7H2,1-2H3,(H,15,16)(H,18,19). The Morgan fingerprint density at radius 3 is 2.95 bits per heavy atom. The molecule has 0 aliphatic rings. The zero-order valence-electron chi connectivity index (χ0n) is 10.9. The van der Waals surface area contributed by atoms with Crippen molar-refractivity contribution >= 4 is 11.8 Å². The van der Waals surface area contributed by atoms with Crippen LogP contribution in [-0.4, -0.2) is 31.7 Å². The molecule has 0 bridgehead atoms. The van der Waals surface area contributed by atoms with Crippen molar-refractivity contribution in [1.82, 2.24) is 14.5 Å². The molecule has 0 aliphatic carbocycles. The van der Waals surface area contributed by atoms with Crippen LogP contribution >= 0.6 is 0 Å². The van der Waals surface area contributed by atoms with E-state index in [0.29, 0.717) is 17.9 Å². The Morgan fingerprint density at radius 2 is 2.32 bits per heavy atom. The molecular weight excluding hydrogens is 244 g/mol. The number of carboxylic acid groups (broad SMARTS) is 1. The van der Waals surface area contributed by atoms with Crippen LogP contribution in [0.3, 0.4) is 0 Å². The van der Waals surface area contributed by atoms with Crippen molar-refractivity contribution in [3.8, 4) is 0 Å². The lowest BCUT2D eigenvalue weighted by molar-refractivity contribution is 0.0697. The number of aromatic carboxylic acids is 1. The number of hydrogen-bond acceptors (Lipinski definition) is 4. The van der Waals surface area contributed by atoms with Gasteiger partial charge in [-0.15, -0.1) is 0 Å². The number of nitrogens with one attached hydrogen (secondary N) is 1. The van der Waals surface area contributed by atoms with E-state index >= 15 is 0 Å². The van der Waals surface area contributed by atoms with E-state index in [4.69, 9.17) is 0 Å². The van der Waals surface area contributed by atoms with Crippen molar-refractivity contribution in [3.05, 3.63) is 42.1 Å². The summed E-state index contributed by atoms with van der Waals surface area (Å²) in [5, 5.41) is 12.4. The summed E-state index contributed by atoms with van der Waals surface area (Å²) in [6, 6.07) is 1.73. The van der Waals surface area contributed by atoms with E-state index in [1.54, 1.807) is 31.7 Å². The van der Waals surface area contributed by atoms with Gasteiger partial charge < -0.3 is 15.0 Å². The number of aromatic nitrogens is 3. The molecule has 0 aliphatic heterocycles. The van der Waals surface area contributed by atoms with Crippen LogP contribution in [0.5, 0.6) is 0 Å². The molecule has 6 heteroatoms. The van der Waals surface area contributed by atoms with Gasteiger partial charge in [0, 0.05) is 31.2 Å². The van der Waals surface area contributed by atoms with Crippen molar-refractivity contribution in [3.63, 3.8) is 0 Å². The minimum absolute atomic E-state index is 0.0431. The first-order chi connectivity index (χ1) is 9.08. The number of anilines is 1. The van der Waals surface area contributed by atoms with Crippen molar-refractivity contribution in [2.24, 2.45) is 0 Å². The average Bonchev–Trinajstić information content (AvgIpc) is 2.81. The van der Waals surface area contributed by atoms with E-state index in [1.807, 2.05) is 17.7 Å². The lowest BCUT2D eigenvalue weighted by Crippen LogP contribution is -2.23. The summed E-state index contributed by atoms with van der Waals surface area (Å²) >= 11 is 0. The predicted octanol–water partition coefficient (Wildman–Crippen LogP) is 1.79. The minimum Gasteiger partial charge on any atom is -0.478 e. The van der Waals surface area contributed by atoms with Gasteiger partial charge in [-0.2, -0.15) is 0 Å². The van der Waals surface area contributed by atoms with E-state index in [9.17, 15) is 9.90 Å². The molecule has 0 aromatic carbocycles. The Hall–Kier alpha value is -2.37. The van der Waals surface area contributed by atoms with Gasteiger partial charge >= 0.3 is 5.97 Å². The van der Waals surface area contributed by atoms with Gasteiger partial charge in [-0.3, -0.25) is 0 Å². The summed E-state index contributed by atoms with van der Waals surface area (Å²) < 4.78 is 1.92. The molecule has 0 amide bonds. The highest BCUT2D eigenvalue weighted by Crippen LogP contribution is 2.17. The number of rotatable bonds is 5. The van der Waals surface area contributed by atoms with Crippen LogP contribution in [0.15, 0.2) is 31.0 Å². The summed E-state index contributed by atoms with van der Waals surface area (Å²) in [5.41, 5.74) is 0.916. The van der Waals surface area contributed by atoms with Crippen molar-refractivity contribution in [2.75, 3.05) is 5.32 Å². The third-order valence-electron chi connectivity index (χ3n) is 2.80. The topological polar surface area (TPSA) is 80.0 Å². The van der Waals surface area contributed by atoms with Gasteiger partial charge in [-0.1, -0.05) is 0 Å². The molecule has 1 unspecified atom stereocenters. The Bertz CT molecular complexity index is 566. The molecule has 0 spiro atoms. The first-order valence-corrected chi connectivity index (χ1v) is 5.99. The maximum Gasteiger partial charge on any atom is 0.339 e. The second-order valence-electron chi connectivity index (χ2n) is 4.46. The summed E-state index contributed by atoms with van der Waals surface area (Å²) in [7, 11) is 0. The molecule has 2 rings (SSSR count). The first kappa shape index (κ1) is 13.1. The number of nitrogens with zero attached hydrogens (tertiary/aromatic N) is 3. The molecular formula is C13H16N4O2. The zero-order valence-corrected chi connectivity index (χ0v) is 10.9. The van der Waals surface area contributed by atoms with Gasteiger partial charge in [0.1, 0.15) is 11.4 Å². The van der Waals surface area contributed by atoms with Crippen LogP contribution in [0.4, 0.5) is 5.82 Å². The average molecular weight is 260 g/mol. The SMILES string of the molecule is Cc1ccnc(NC(C)Cn2ccnc2)c1C(=O)O. The fourth-order valence-electron chi connectivity index (χ4n) is 1.93. The number of carbonyl (C=O) groups is 1. The fourth-order valence-corrected chi connectivity index (χ4v) is 1.93. The maximum atomic E-state index is 11.2. The number of pyridine rings is 1. The van der Waals surface area contributed by atoms with Gasteiger partial charge in [-0.05, 0) is 25.5 Å². The molecule has 2 aromatic rings. The molecule has 1 atom stereocenters. The van der Waals surface area contributed by atoms with Crippen LogP contribution in [-0.2, 0) is 6.54 Å². The molecule has 19 heavy (non-hydrogen) atoms. The summed E-state index contributed by atoms with van der Waals surface area (Å²) in [6.45, 7) is 4.42. The van der Waals surface area contributed by atoms with Crippen LogP contribution in [0.1, 0.15) is 22.8 Å². The highest BCUT2D eigenvalue weighted by molar-refractivity contribution is 5.94. The van der Waals surface area contributed by atoms with E-state index in [0.717, 1.165) is 0 Å². The van der Waals surface area contributed by atoms with Crippen molar-refractivity contribution < 1.29 is 9.90 Å². The van der Waals surface area contributed by atoms with Crippen molar-refractivity contribution in [2.45, 2.75) is 26.4 Å². The quantitative estimate of drug-likeness (QED) is 0.856. The molecule has 0 saturated heterocycles. The minimum atomic E-state index is -0.970. The molecule has 2 N–H and O–H groups in total. The van der Waals surface area contributed by atoms with Crippen LogP contribution in [0.25, 0.3) is 0 Å². The third kappa shape index (κ3) is 3.09. The molecule has 0 fully saturated rings. The lowest BCUT2D eigenvalue weighted by Gasteiger charge is -2.17. The molecule has 2 aromatic heterocycles. The molecule has 2 heterocycles. The summed E-state index contributed by atoms with van der Waals surface area (Å²) in [4.78, 5) is 19.3. The Labute approximate surface area is 111 Å². The van der Waals surface area contributed by atoms with Crippen LogP contribution in [0.2, 0.25) is 0 Å². The highest BCUT2D eigenvalue weighted by Gasteiger charge is 2.15.